The number of methoxy groups -OCH3 is 1. The number of hydrogen-bond donors (Lipinski definition) is 1. The van der Waals surface area contributed by atoms with E-state index < -0.39 is 11.8 Å². The van der Waals surface area contributed by atoms with Crippen LogP contribution in [0.2, 0.25) is 10.0 Å². The molecule has 2 amide bonds. The highest BCUT2D eigenvalue weighted by molar-refractivity contribution is 9.11. The molecule has 1 saturated heterocycles. The highest BCUT2D eigenvalue weighted by Crippen LogP contribution is 2.36. The lowest BCUT2D eigenvalue weighted by atomic mass is 10.1. The minimum Gasteiger partial charge on any atom is -0.494 e. The molecule has 10 heteroatoms. The van der Waals surface area contributed by atoms with Crippen molar-refractivity contribution in [2.75, 3.05) is 12.0 Å². The molecule has 5 nitrogen and oxygen atoms in total. The number of benzene rings is 2. The Balaban J connectivity index is 2.06. The van der Waals surface area contributed by atoms with E-state index in [1.54, 1.807) is 24.3 Å². The van der Waals surface area contributed by atoms with Crippen LogP contribution in [0.25, 0.3) is 6.08 Å². The summed E-state index contributed by atoms with van der Waals surface area (Å²) in [5.41, 5.74) is 0.834. The van der Waals surface area contributed by atoms with E-state index in [1.165, 1.54) is 19.3 Å². The Morgan fingerprint density at radius 1 is 1.14 bits per heavy atom. The Labute approximate surface area is 192 Å². The summed E-state index contributed by atoms with van der Waals surface area (Å²) in [6.45, 7) is 0. The molecule has 1 N–H and O–H groups in total. The normalized spacial score (nSPS) is 15.8. The van der Waals surface area contributed by atoms with E-state index in [2.05, 4.69) is 37.2 Å². The van der Waals surface area contributed by atoms with Crippen LogP contribution in [-0.4, -0.2) is 24.0 Å². The molecule has 1 aliphatic heterocycles. The third-order valence-electron chi connectivity index (χ3n) is 3.79. The second-order valence-electron chi connectivity index (χ2n) is 5.57. The molecule has 1 fully saturated rings. The molecule has 0 aliphatic carbocycles. The van der Waals surface area contributed by atoms with Crippen molar-refractivity contribution in [3.05, 3.63) is 60.5 Å². The van der Waals surface area contributed by atoms with Crippen LogP contribution in [0.1, 0.15) is 5.56 Å². The smallest absolute Gasteiger partial charge is 0.270 e. The third-order valence-corrected chi connectivity index (χ3v) is 5.79. The molecule has 0 aromatic heterocycles. The average Bonchev–Trinajstić information content (AvgIpc) is 2.60. The van der Waals surface area contributed by atoms with E-state index in [0.717, 1.165) is 4.90 Å². The van der Waals surface area contributed by atoms with Crippen LogP contribution in [-0.2, 0) is 9.59 Å². The van der Waals surface area contributed by atoms with Gasteiger partial charge in [-0.1, -0.05) is 23.2 Å². The van der Waals surface area contributed by atoms with Crippen LogP contribution in [0.15, 0.2) is 44.9 Å². The number of carbonyl (C=O) groups excluding carboxylic acids is 2. The molecule has 0 atom stereocenters. The van der Waals surface area contributed by atoms with E-state index in [1.807, 2.05) is 0 Å². The second kappa shape index (κ2) is 8.51. The van der Waals surface area contributed by atoms with E-state index in [-0.39, 0.29) is 15.7 Å². The van der Waals surface area contributed by atoms with E-state index >= 15 is 0 Å². The fourth-order valence-electron chi connectivity index (χ4n) is 2.56. The van der Waals surface area contributed by atoms with Crippen LogP contribution in [0.5, 0.6) is 5.75 Å². The zero-order valence-corrected chi connectivity index (χ0v) is 19.6. The zero-order valence-electron chi connectivity index (χ0n) is 14.1. The van der Waals surface area contributed by atoms with Crippen molar-refractivity contribution in [1.29, 1.82) is 0 Å². The number of nitrogens with one attached hydrogen (secondary N) is 1. The number of carbonyl (C=O) groups is 2. The number of nitrogens with zero attached hydrogens (tertiary/aromatic N) is 1. The quantitative estimate of drug-likeness (QED) is 0.310. The van der Waals surface area contributed by atoms with Crippen molar-refractivity contribution >= 4 is 96.0 Å². The highest BCUT2D eigenvalue weighted by Gasteiger charge is 2.35. The Morgan fingerprint density at radius 3 is 2.36 bits per heavy atom. The summed E-state index contributed by atoms with van der Waals surface area (Å²) in [5, 5.41) is 3.09. The van der Waals surface area contributed by atoms with Crippen LogP contribution < -0.4 is 15.0 Å². The predicted molar refractivity (Wildman–Crippen MR) is 121 cm³/mol. The van der Waals surface area contributed by atoms with Gasteiger partial charge in [0, 0.05) is 5.02 Å². The van der Waals surface area contributed by atoms with Gasteiger partial charge in [-0.2, -0.15) is 0 Å². The molecule has 0 radical (unpaired) electrons. The van der Waals surface area contributed by atoms with E-state index in [0.29, 0.717) is 31.0 Å². The van der Waals surface area contributed by atoms with Gasteiger partial charge in [0.2, 0.25) is 0 Å². The van der Waals surface area contributed by atoms with Crippen LogP contribution in [0, 0.1) is 0 Å². The van der Waals surface area contributed by atoms with Gasteiger partial charge in [-0.15, -0.1) is 0 Å². The van der Waals surface area contributed by atoms with Crippen molar-refractivity contribution in [2.24, 2.45) is 0 Å². The fraction of sp³-hybridized carbons (Fsp3) is 0.0556. The molecule has 2 aromatic rings. The number of hydrogen-bond acceptors (Lipinski definition) is 4. The van der Waals surface area contributed by atoms with Gasteiger partial charge in [0.1, 0.15) is 11.3 Å². The van der Waals surface area contributed by atoms with Gasteiger partial charge in [0.25, 0.3) is 11.8 Å². The molecule has 0 spiro atoms. The number of halogens is 4. The Morgan fingerprint density at radius 2 is 1.79 bits per heavy atom. The number of rotatable bonds is 3. The SMILES string of the molecule is COc1c(Br)cc(/C=C2\C(=O)NC(=S)N(c3ccc(Cl)cc3Cl)C2=O)cc1Br. The second-order valence-corrected chi connectivity index (χ2v) is 8.51. The molecule has 28 heavy (non-hydrogen) atoms. The third kappa shape index (κ3) is 4.11. The summed E-state index contributed by atoms with van der Waals surface area (Å²) in [5.74, 6) is -0.599. The maximum absolute atomic E-state index is 13.1. The molecule has 0 unspecified atom stereocenters. The van der Waals surface area contributed by atoms with Crippen LogP contribution in [0.3, 0.4) is 0 Å². The van der Waals surface area contributed by atoms with Crippen molar-refractivity contribution < 1.29 is 14.3 Å². The average molecular weight is 565 g/mol. The van der Waals surface area contributed by atoms with Crippen molar-refractivity contribution in [3.8, 4) is 5.75 Å². The standard InChI is InChI=1S/C18H10Br2Cl2N2O3S/c1-27-15-11(19)5-8(6-12(15)20)4-10-16(25)23-18(28)24(17(10)26)14-3-2-9(21)7-13(14)22/h2-7H,1H3,(H,23,25,28)/b10-4+. The van der Waals surface area contributed by atoms with E-state index in [4.69, 9.17) is 40.2 Å². The first kappa shape index (κ1) is 21.3. The molecule has 0 saturated carbocycles. The van der Waals surface area contributed by atoms with Crippen molar-refractivity contribution in [3.63, 3.8) is 0 Å². The first-order chi connectivity index (χ1) is 13.2. The molecular formula is C18H10Br2Cl2N2O3S. The van der Waals surface area contributed by atoms with Gasteiger partial charge in [-0.05, 0) is 86.0 Å². The molecule has 1 heterocycles. The predicted octanol–water partition coefficient (Wildman–Crippen LogP) is 5.36. The summed E-state index contributed by atoms with van der Waals surface area (Å²) < 4.78 is 6.58. The molecular weight excluding hydrogens is 555 g/mol. The number of ether oxygens (including phenoxy) is 1. The topological polar surface area (TPSA) is 58.6 Å². The maximum atomic E-state index is 13.1. The van der Waals surface area contributed by atoms with Crippen molar-refractivity contribution in [1.82, 2.24) is 5.32 Å². The first-order valence-electron chi connectivity index (χ1n) is 7.62. The summed E-state index contributed by atoms with van der Waals surface area (Å²) in [6, 6.07) is 8.08. The van der Waals surface area contributed by atoms with Gasteiger partial charge in [-0.3, -0.25) is 19.8 Å². The van der Waals surface area contributed by atoms with E-state index in [9.17, 15) is 9.59 Å². The zero-order chi connectivity index (χ0) is 20.6. The lowest BCUT2D eigenvalue weighted by molar-refractivity contribution is -0.122. The maximum Gasteiger partial charge on any atom is 0.270 e. The van der Waals surface area contributed by atoms with Crippen LogP contribution in [0.4, 0.5) is 5.69 Å². The molecule has 1 aliphatic rings. The van der Waals surface area contributed by atoms with Gasteiger partial charge < -0.3 is 4.74 Å². The Hall–Kier alpha value is -1.45. The first-order valence-corrected chi connectivity index (χ1v) is 10.4. The molecule has 2 aromatic carbocycles. The summed E-state index contributed by atoms with van der Waals surface area (Å²) in [6.07, 6.45) is 1.46. The van der Waals surface area contributed by atoms with Gasteiger partial charge >= 0.3 is 0 Å². The fourth-order valence-corrected chi connectivity index (χ4v) is 4.88. The summed E-state index contributed by atoms with van der Waals surface area (Å²) >= 11 is 24.1. The summed E-state index contributed by atoms with van der Waals surface area (Å²) in [4.78, 5) is 26.6. The Bertz CT molecular complexity index is 1040. The highest BCUT2D eigenvalue weighted by atomic mass is 79.9. The molecule has 144 valence electrons. The Kier molecular flexibility index (Phi) is 6.46. The largest absolute Gasteiger partial charge is 0.494 e. The minimum absolute atomic E-state index is 0.0616. The lowest BCUT2D eigenvalue weighted by Crippen LogP contribution is -2.54. The molecule has 0 bridgehead atoms. The van der Waals surface area contributed by atoms with Gasteiger partial charge in [-0.25, -0.2) is 0 Å². The number of thiocarbonyl (C=S) groups is 1. The van der Waals surface area contributed by atoms with Gasteiger partial charge in [0.05, 0.1) is 26.8 Å². The lowest BCUT2D eigenvalue weighted by Gasteiger charge is -2.29. The number of amides is 2. The van der Waals surface area contributed by atoms with Crippen molar-refractivity contribution in [2.45, 2.75) is 0 Å². The minimum atomic E-state index is -0.598. The summed E-state index contributed by atoms with van der Waals surface area (Å²) in [7, 11) is 1.54. The molecule has 3 rings (SSSR count). The van der Waals surface area contributed by atoms with Gasteiger partial charge in [0.15, 0.2) is 5.11 Å². The van der Waals surface area contributed by atoms with Crippen LogP contribution >= 0.6 is 67.3 Å². The monoisotopic (exact) mass is 562 g/mol. The number of anilines is 1.